The maximum absolute atomic E-state index is 10.4. The van der Waals surface area contributed by atoms with Crippen LogP contribution in [-0.2, 0) is 11.2 Å². The van der Waals surface area contributed by atoms with Gasteiger partial charge in [-0.15, -0.1) is 0 Å². The molecule has 0 saturated heterocycles. The number of carbonyl (C=O) groups is 1. The van der Waals surface area contributed by atoms with Gasteiger partial charge in [0.05, 0.1) is 0 Å². The van der Waals surface area contributed by atoms with Gasteiger partial charge < -0.3 is 4.79 Å². The molecule has 0 N–H and O–H groups in total. The molecule has 0 heterocycles. The number of hydrogen-bond donors (Lipinski definition) is 0. The van der Waals surface area contributed by atoms with Crippen LogP contribution >= 0.6 is 0 Å². The molecule has 0 bridgehead atoms. The van der Waals surface area contributed by atoms with Gasteiger partial charge in [-0.3, -0.25) is 0 Å². The van der Waals surface area contributed by atoms with Crippen LogP contribution in [0.5, 0.6) is 0 Å². The highest BCUT2D eigenvalue weighted by Gasteiger charge is 2.36. The molecule has 0 amide bonds. The van der Waals surface area contributed by atoms with Crippen molar-refractivity contribution in [3.63, 3.8) is 0 Å². The van der Waals surface area contributed by atoms with Gasteiger partial charge in [-0.05, 0) is 24.3 Å². The summed E-state index contributed by atoms with van der Waals surface area (Å²) in [5, 5.41) is 0. The minimum Gasteiger partial charge on any atom is -0.303 e. The molecular formula is C11H12O. The highest BCUT2D eigenvalue weighted by Crippen LogP contribution is 2.39. The zero-order valence-electron chi connectivity index (χ0n) is 6.94. The second kappa shape index (κ2) is 3.10. The molecule has 1 saturated carbocycles. The van der Waals surface area contributed by atoms with E-state index < -0.39 is 0 Å². The predicted molar refractivity (Wildman–Crippen MR) is 47.8 cm³/mol. The third-order valence-corrected chi connectivity index (χ3v) is 2.49. The standard InChI is InChI=1S/C11H12O/c12-8-11-7-10(11)6-9-4-2-1-3-5-9/h1-5,8,10-11H,6-7H2/t10-,11-/m0/s1. The average Bonchev–Trinajstić information content (AvgIpc) is 2.85. The van der Waals surface area contributed by atoms with E-state index in [0.29, 0.717) is 11.8 Å². The van der Waals surface area contributed by atoms with Crippen LogP contribution in [0, 0.1) is 11.8 Å². The number of benzene rings is 1. The van der Waals surface area contributed by atoms with E-state index in [9.17, 15) is 4.79 Å². The Kier molecular flexibility index (Phi) is 1.94. The topological polar surface area (TPSA) is 17.1 Å². The minimum absolute atomic E-state index is 0.352. The number of carbonyl (C=O) groups excluding carboxylic acids is 1. The fourth-order valence-corrected chi connectivity index (χ4v) is 1.59. The van der Waals surface area contributed by atoms with Crippen LogP contribution in [0.4, 0.5) is 0 Å². The van der Waals surface area contributed by atoms with Crippen molar-refractivity contribution in [2.45, 2.75) is 12.8 Å². The molecule has 0 aromatic heterocycles. The number of hydrogen-bond acceptors (Lipinski definition) is 1. The predicted octanol–water partition coefficient (Wildman–Crippen LogP) is 2.06. The van der Waals surface area contributed by atoms with Crippen LogP contribution in [0.15, 0.2) is 30.3 Å². The van der Waals surface area contributed by atoms with Gasteiger partial charge in [-0.2, -0.15) is 0 Å². The summed E-state index contributed by atoms with van der Waals surface area (Å²) in [4.78, 5) is 10.4. The highest BCUT2D eigenvalue weighted by molar-refractivity contribution is 5.58. The summed E-state index contributed by atoms with van der Waals surface area (Å²) in [6.45, 7) is 0. The molecule has 1 heteroatoms. The van der Waals surface area contributed by atoms with E-state index in [-0.39, 0.29) is 0 Å². The van der Waals surface area contributed by atoms with Crippen molar-refractivity contribution in [2.75, 3.05) is 0 Å². The summed E-state index contributed by atoms with van der Waals surface area (Å²) in [5.74, 6) is 0.982. The molecule has 0 unspecified atom stereocenters. The summed E-state index contributed by atoms with van der Waals surface area (Å²) in [6, 6.07) is 10.4. The second-order valence-electron chi connectivity index (χ2n) is 3.49. The summed E-state index contributed by atoms with van der Waals surface area (Å²) in [5.41, 5.74) is 1.35. The molecule has 1 aromatic carbocycles. The largest absolute Gasteiger partial charge is 0.303 e. The Morgan fingerprint density at radius 1 is 1.33 bits per heavy atom. The van der Waals surface area contributed by atoms with Gasteiger partial charge in [0.15, 0.2) is 0 Å². The SMILES string of the molecule is O=C[C@@H]1C[C@@H]1Cc1ccccc1. The van der Waals surface area contributed by atoms with E-state index >= 15 is 0 Å². The first-order chi connectivity index (χ1) is 5.90. The molecule has 1 nitrogen and oxygen atoms in total. The van der Waals surface area contributed by atoms with Gasteiger partial charge in [-0.1, -0.05) is 30.3 Å². The molecule has 1 aliphatic rings. The van der Waals surface area contributed by atoms with Crippen LogP contribution in [0.3, 0.4) is 0 Å². The van der Waals surface area contributed by atoms with Crippen LogP contribution in [0.1, 0.15) is 12.0 Å². The lowest BCUT2D eigenvalue weighted by atomic mass is 10.1. The summed E-state index contributed by atoms with van der Waals surface area (Å²) in [6.07, 6.45) is 3.26. The third-order valence-electron chi connectivity index (χ3n) is 2.49. The van der Waals surface area contributed by atoms with Crippen molar-refractivity contribution >= 4 is 6.29 Å². The number of rotatable bonds is 3. The quantitative estimate of drug-likeness (QED) is 0.618. The zero-order chi connectivity index (χ0) is 8.39. The van der Waals surface area contributed by atoms with Crippen LogP contribution in [0.2, 0.25) is 0 Å². The van der Waals surface area contributed by atoms with Crippen molar-refractivity contribution in [1.82, 2.24) is 0 Å². The highest BCUT2D eigenvalue weighted by atomic mass is 16.1. The maximum atomic E-state index is 10.4. The first-order valence-electron chi connectivity index (χ1n) is 4.39. The van der Waals surface area contributed by atoms with E-state index in [1.54, 1.807) is 0 Å². The Bertz CT molecular complexity index is 266. The minimum atomic E-state index is 0.352. The fraction of sp³-hybridized carbons (Fsp3) is 0.364. The van der Waals surface area contributed by atoms with Crippen LogP contribution < -0.4 is 0 Å². The summed E-state index contributed by atoms with van der Waals surface area (Å²) < 4.78 is 0. The molecule has 2 rings (SSSR count). The molecule has 0 aliphatic heterocycles. The smallest absolute Gasteiger partial charge is 0.123 e. The van der Waals surface area contributed by atoms with Gasteiger partial charge in [0.2, 0.25) is 0 Å². The van der Waals surface area contributed by atoms with Crippen LogP contribution in [-0.4, -0.2) is 6.29 Å². The maximum Gasteiger partial charge on any atom is 0.123 e. The first kappa shape index (κ1) is 7.53. The lowest BCUT2D eigenvalue weighted by molar-refractivity contribution is -0.109. The van der Waals surface area contributed by atoms with E-state index in [2.05, 4.69) is 12.1 Å². The molecule has 1 aliphatic carbocycles. The van der Waals surface area contributed by atoms with Gasteiger partial charge in [0.25, 0.3) is 0 Å². The zero-order valence-corrected chi connectivity index (χ0v) is 6.94. The molecule has 12 heavy (non-hydrogen) atoms. The summed E-state index contributed by atoms with van der Waals surface area (Å²) >= 11 is 0. The fourth-order valence-electron chi connectivity index (χ4n) is 1.59. The average molecular weight is 160 g/mol. The van der Waals surface area contributed by atoms with Crippen molar-refractivity contribution < 1.29 is 4.79 Å². The normalized spacial score (nSPS) is 26.7. The second-order valence-corrected chi connectivity index (χ2v) is 3.49. The number of aldehydes is 1. The lowest BCUT2D eigenvalue weighted by Crippen LogP contribution is -1.89. The lowest BCUT2D eigenvalue weighted by Gasteiger charge is -1.96. The van der Waals surface area contributed by atoms with E-state index in [1.807, 2.05) is 18.2 Å². The monoisotopic (exact) mass is 160 g/mol. The van der Waals surface area contributed by atoms with Crippen LogP contribution in [0.25, 0.3) is 0 Å². The molecular weight excluding hydrogens is 148 g/mol. The molecule has 62 valence electrons. The van der Waals surface area contributed by atoms with Gasteiger partial charge in [0, 0.05) is 5.92 Å². The summed E-state index contributed by atoms with van der Waals surface area (Å²) in [7, 11) is 0. The molecule has 2 atom stereocenters. The Balaban J connectivity index is 1.93. The van der Waals surface area contributed by atoms with Crippen molar-refractivity contribution in [3.8, 4) is 0 Å². The molecule has 0 radical (unpaired) electrons. The van der Waals surface area contributed by atoms with Gasteiger partial charge in [0.1, 0.15) is 6.29 Å². The van der Waals surface area contributed by atoms with E-state index in [1.165, 1.54) is 5.56 Å². The van der Waals surface area contributed by atoms with Crippen molar-refractivity contribution in [3.05, 3.63) is 35.9 Å². The Morgan fingerprint density at radius 2 is 2.08 bits per heavy atom. The Morgan fingerprint density at radius 3 is 2.67 bits per heavy atom. The van der Waals surface area contributed by atoms with Gasteiger partial charge >= 0.3 is 0 Å². The van der Waals surface area contributed by atoms with E-state index in [0.717, 1.165) is 19.1 Å². The van der Waals surface area contributed by atoms with Crippen molar-refractivity contribution in [1.29, 1.82) is 0 Å². The molecule has 0 spiro atoms. The third kappa shape index (κ3) is 1.55. The Hall–Kier alpha value is -1.11. The molecule has 1 aromatic rings. The van der Waals surface area contributed by atoms with Crippen molar-refractivity contribution in [2.24, 2.45) is 11.8 Å². The van der Waals surface area contributed by atoms with E-state index in [4.69, 9.17) is 0 Å². The molecule has 1 fully saturated rings. The first-order valence-corrected chi connectivity index (χ1v) is 4.39. The Labute approximate surface area is 72.4 Å². The van der Waals surface area contributed by atoms with Gasteiger partial charge in [-0.25, -0.2) is 0 Å².